The monoisotopic (exact) mass is 536 g/mol. The van der Waals surface area contributed by atoms with E-state index in [1.807, 2.05) is 80.6 Å². The molecule has 0 radical (unpaired) electrons. The van der Waals surface area contributed by atoms with Gasteiger partial charge in [0.15, 0.2) is 11.5 Å². The summed E-state index contributed by atoms with van der Waals surface area (Å²) in [5.41, 5.74) is 2.10. The van der Waals surface area contributed by atoms with E-state index in [0.717, 1.165) is 11.1 Å². The highest BCUT2D eigenvalue weighted by molar-refractivity contribution is 6.10. The van der Waals surface area contributed by atoms with Crippen LogP contribution in [0, 0.1) is 11.3 Å². The number of carbonyl (C=O) groups is 2. The minimum atomic E-state index is -0.745. The molecule has 0 aliphatic carbocycles. The number of amides is 1. The number of carbonyl (C=O) groups excluding carboxylic acids is 2. The third-order valence-corrected chi connectivity index (χ3v) is 5.92. The van der Waals surface area contributed by atoms with E-state index in [-0.39, 0.29) is 34.7 Å². The molecule has 1 amide bonds. The lowest BCUT2D eigenvalue weighted by Crippen LogP contribution is -2.28. The van der Waals surface area contributed by atoms with Crippen molar-refractivity contribution in [2.45, 2.75) is 52.3 Å². The molecule has 9 heteroatoms. The van der Waals surface area contributed by atoms with Crippen LogP contribution in [0.4, 0.5) is 16.3 Å². The molecule has 204 valence electrons. The molecule has 0 unspecified atom stereocenters. The summed E-state index contributed by atoms with van der Waals surface area (Å²) in [6, 6.07) is 23.2. The van der Waals surface area contributed by atoms with E-state index in [0.29, 0.717) is 5.69 Å². The van der Waals surface area contributed by atoms with Crippen molar-refractivity contribution in [3.8, 4) is 6.07 Å². The fourth-order valence-corrected chi connectivity index (χ4v) is 4.19. The molecule has 4 rings (SSSR count). The Kier molecular flexibility index (Phi) is 8.29. The van der Waals surface area contributed by atoms with Gasteiger partial charge in [0.05, 0.1) is 17.9 Å². The minimum absolute atomic E-state index is 0.0469. The summed E-state index contributed by atoms with van der Waals surface area (Å²) in [7, 11) is 0. The molecule has 0 aliphatic rings. The number of pyridine rings is 1. The van der Waals surface area contributed by atoms with Gasteiger partial charge in [0.25, 0.3) is 0 Å². The zero-order chi connectivity index (χ0) is 28.9. The first kappa shape index (κ1) is 28.0. The highest BCUT2D eigenvalue weighted by Gasteiger charge is 2.28. The summed E-state index contributed by atoms with van der Waals surface area (Å²) in [5.74, 6) is -0.388. The largest absolute Gasteiger partial charge is 0.444 e. The van der Waals surface area contributed by atoms with Gasteiger partial charge in [-0.1, -0.05) is 60.7 Å². The van der Waals surface area contributed by atoms with Crippen LogP contribution >= 0.6 is 0 Å². The molecule has 0 saturated heterocycles. The Labute approximate surface area is 233 Å². The number of nitriles is 1. The molecule has 0 spiro atoms. The van der Waals surface area contributed by atoms with Crippen LogP contribution in [-0.2, 0) is 4.74 Å². The van der Waals surface area contributed by atoms with Crippen molar-refractivity contribution in [1.82, 2.24) is 14.8 Å². The zero-order valence-electron chi connectivity index (χ0n) is 23.2. The highest BCUT2D eigenvalue weighted by atomic mass is 16.6. The van der Waals surface area contributed by atoms with Gasteiger partial charge in [-0.15, -0.1) is 0 Å². The lowest BCUT2D eigenvalue weighted by atomic mass is 9.98. The molecule has 0 bridgehead atoms. The topological polar surface area (TPSA) is 122 Å². The molecule has 4 aromatic rings. The summed E-state index contributed by atoms with van der Waals surface area (Å²) < 4.78 is 6.79. The van der Waals surface area contributed by atoms with Crippen LogP contribution < -0.4 is 10.6 Å². The first-order valence-electron chi connectivity index (χ1n) is 13.0. The van der Waals surface area contributed by atoms with Crippen molar-refractivity contribution in [2.24, 2.45) is 0 Å². The van der Waals surface area contributed by atoms with Crippen LogP contribution in [0.3, 0.4) is 0 Å². The van der Waals surface area contributed by atoms with Crippen LogP contribution in [-0.4, -0.2) is 32.2 Å². The van der Waals surface area contributed by atoms with Gasteiger partial charge in [-0.05, 0) is 51.8 Å². The molecule has 9 nitrogen and oxygen atoms in total. The first-order valence-corrected chi connectivity index (χ1v) is 13.0. The van der Waals surface area contributed by atoms with Gasteiger partial charge in [-0.2, -0.15) is 10.4 Å². The summed E-state index contributed by atoms with van der Waals surface area (Å²) in [4.78, 5) is 30.5. The first-order chi connectivity index (χ1) is 19.1. The van der Waals surface area contributed by atoms with Gasteiger partial charge in [0, 0.05) is 17.8 Å². The number of ketones is 1. The predicted molar refractivity (Wildman–Crippen MR) is 153 cm³/mol. The molecule has 0 fully saturated rings. The average molecular weight is 537 g/mol. The van der Waals surface area contributed by atoms with Gasteiger partial charge < -0.3 is 10.1 Å². The fourth-order valence-electron chi connectivity index (χ4n) is 4.19. The smallest absolute Gasteiger partial charge is 0.413 e. The van der Waals surface area contributed by atoms with Crippen LogP contribution in [0.2, 0.25) is 0 Å². The Morgan fingerprint density at radius 1 is 0.975 bits per heavy atom. The maximum atomic E-state index is 13.7. The standard InChI is InChI=1S/C31H32N6O3/c1-20(2)37-29(35-30(39)40-31(3,4)5)25(17-32)27(36-37)28(38)23-16-24(19-33-18-23)34-26(21-12-8-6-9-13-21)22-14-10-7-11-15-22/h6-16,18-20,26,34H,1-5H3,(H,35,39). The number of hydrogen-bond acceptors (Lipinski definition) is 7. The van der Waals surface area contributed by atoms with E-state index < -0.39 is 17.5 Å². The van der Waals surface area contributed by atoms with E-state index in [9.17, 15) is 14.9 Å². The quantitative estimate of drug-likeness (QED) is 0.246. The summed E-state index contributed by atoms with van der Waals surface area (Å²) >= 11 is 0. The third kappa shape index (κ3) is 6.53. The number of hydrogen-bond donors (Lipinski definition) is 2. The summed E-state index contributed by atoms with van der Waals surface area (Å²) in [5, 5.41) is 20.5. The van der Waals surface area contributed by atoms with Crippen molar-refractivity contribution < 1.29 is 14.3 Å². The molecule has 0 saturated carbocycles. The van der Waals surface area contributed by atoms with Gasteiger partial charge in [-0.25, -0.2) is 9.48 Å². The third-order valence-electron chi connectivity index (χ3n) is 5.92. The maximum absolute atomic E-state index is 13.7. The van der Waals surface area contributed by atoms with Crippen LogP contribution in [0.5, 0.6) is 0 Å². The minimum Gasteiger partial charge on any atom is -0.444 e. The Bertz CT molecular complexity index is 1490. The van der Waals surface area contributed by atoms with E-state index in [1.165, 1.54) is 10.9 Å². The lowest BCUT2D eigenvalue weighted by molar-refractivity contribution is 0.0634. The number of ether oxygens (including phenoxy) is 1. The zero-order valence-corrected chi connectivity index (χ0v) is 23.2. The molecule has 0 aliphatic heterocycles. The number of nitrogens with zero attached hydrogens (tertiary/aromatic N) is 4. The molecule has 2 heterocycles. The average Bonchev–Trinajstić information content (AvgIpc) is 3.29. The van der Waals surface area contributed by atoms with Crippen molar-refractivity contribution in [3.05, 3.63) is 107 Å². The molecular formula is C31H32N6O3. The Balaban J connectivity index is 1.68. The Morgan fingerprint density at radius 3 is 2.10 bits per heavy atom. The molecule has 2 N–H and O–H groups in total. The fraction of sp³-hybridized carbons (Fsp3) is 0.258. The summed E-state index contributed by atoms with van der Waals surface area (Å²) in [6.07, 6.45) is 2.33. The van der Waals surface area contributed by atoms with Crippen molar-refractivity contribution in [1.29, 1.82) is 5.26 Å². The maximum Gasteiger partial charge on any atom is 0.413 e. The van der Waals surface area contributed by atoms with Crippen molar-refractivity contribution in [2.75, 3.05) is 10.6 Å². The van der Waals surface area contributed by atoms with Gasteiger partial charge in [-0.3, -0.25) is 15.1 Å². The van der Waals surface area contributed by atoms with E-state index >= 15 is 0 Å². The molecule has 2 aromatic carbocycles. The van der Waals surface area contributed by atoms with Crippen LogP contribution in [0.15, 0.2) is 79.1 Å². The second-order valence-electron chi connectivity index (χ2n) is 10.5. The van der Waals surface area contributed by atoms with Crippen LogP contribution in [0.25, 0.3) is 0 Å². The van der Waals surface area contributed by atoms with Crippen LogP contribution in [0.1, 0.15) is 79.4 Å². The van der Waals surface area contributed by atoms with E-state index in [1.54, 1.807) is 33.0 Å². The SMILES string of the molecule is CC(C)n1nc(C(=O)c2cncc(NC(c3ccccc3)c3ccccc3)c2)c(C#N)c1NC(=O)OC(C)(C)C. The number of benzene rings is 2. The second kappa shape index (κ2) is 11.8. The Hall–Kier alpha value is -4.97. The number of nitrogens with one attached hydrogen (secondary N) is 2. The molecule has 0 atom stereocenters. The van der Waals surface area contributed by atoms with Crippen molar-refractivity contribution in [3.63, 3.8) is 0 Å². The second-order valence-corrected chi connectivity index (χ2v) is 10.5. The number of anilines is 2. The van der Waals surface area contributed by atoms with E-state index in [2.05, 4.69) is 20.7 Å². The predicted octanol–water partition coefficient (Wildman–Crippen LogP) is 6.51. The van der Waals surface area contributed by atoms with E-state index in [4.69, 9.17) is 4.74 Å². The molecule has 40 heavy (non-hydrogen) atoms. The summed E-state index contributed by atoms with van der Waals surface area (Å²) in [6.45, 7) is 8.88. The van der Waals surface area contributed by atoms with Gasteiger partial charge in [0.1, 0.15) is 17.2 Å². The van der Waals surface area contributed by atoms with Gasteiger partial charge >= 0.3 is 6.09 Å². The number of aromatic nitrogens is 3. The molecule has 2 aromatic heterocycles. The Morgan fingerprint density at radius 2 is 1.57 bits per heavy atom. The normalized spacial score (nSPS) is 11.2. The van der Waals surface area contributed by atoms with Gasteiger partial charge in [0.2, 0.25) is 5.78 Å². The molecular weight excluding hydrogens is 504 g/mol. The van der Waals surface area contributed by atoms with Crippen molar-refractivity contribution >= 4 is 23.4 Å². The highest BCUT2D eigenvalue weighted by Crippen LogP contribution is 2.29. The number of rotatable bonds is 8. The lowest BCUT2D eigenvalue weighted by Gasteiger charge is -2.21.